The van der Waals surface area contributed by atoms with E-state index in [-0.39, 0.29) is 12.5 Å². The lowest BCUT2D eigenvalue weighted by Gasteiger charge is -2.34. The van der Waals surface area contributed by atoms with E-state index in [0.29, 0.717) is 12.6 Å². The van der Waals surface area contributed by atoms with E-state index in [1.54, 1.807) is 0 Å². The van der Waals surface area contributed by atoms with E-state index in [9.17, 15) is 4.79 Å². The molecule has 116 valence electrons. The Morgan fingerprint density at radius 1 is 1.48 bits per heavy atom. The summed E-state index contributed by atoms with van der Waals surface area (Å²) in [6.07, 6.45) is 4.14. The van der Waals surface area contributed by atoms with E-state index >= 15 is 0 Å². The molecule has 4 nitrogen and oxygen atoms in total. The van der Waals surface area contributed by atoms with Gasteiger partial charge in [0.05, 0.1) is 12.2 Å². The molecule has 1 saturated heterocycles. The molecule has 0 saturated carbocycles. The lowest BCUT2D eigenvalue weighted by atomic mass is 10.00. The molecule has 2 N–H and O–H groups in total. The molecule has 2 rings (SSSR count). The highest BCUT2D eigenvalue weighted by molar-refractivity contribution is 9.10. The molecule has 0 bridgehead atoms. The molecule has 1 atom stereocenters. The number of benzene rings is 1. The van der Waals surface area contributed by atoms with Crippen molar-refractivity contribution in [3.05, 3.63) is 28.2 Å². The van der Waals surface area contributed by atoms with Crippen LogP contribution in [0, 0.1) is 6.92 Å². The number of halogens is 1. The van der Waals surface area contributed by atoms with Crippen molar-refractivity contribution in [2.75, 3.05) is 25.0 Å². The van der Waals surface area contributed by atoms with Crippen LogP contribution in [0.15, 0.2) is 22.7 Å². The van der Waals surface area contributed by atoms with Crippen molar-refractivity contribution in [2.45, 2.75) is 38.6 Å². The third kappa shape index (κ3) is 4.80. The first kappa shape index (κ1) is 16.5. The SMILES string of the molecule is Cc1ccc(NC(=O)CN2CCCCC2CCO)c(Br)c1. The van der Waals surface area contributed by atoms with Gasteiger partial charge in [-0.05, 0) is 66.4 Å². The number of aliphatic hydroxyl groups excluding tert-OH is 1. The van der Waals surface area contributed by atoms with Crippen molar-refractivity contribution in [3.8, 4) is 0 Å². The third-order valence-electron chi connectivity index (χ3n) is 3.96. The van der Waals surface area contributed by atoms with Crippen molar-refractivity contribution in [2.24, 2.45) is 0 Å². The summed E-state index contributed by atoms with van der Waals surface area (Å²) < 4.78 is 0.904. The molecule has 0 aromatic heterocycles. The number of hydrogen-bond acceptors (Lipinski definition) is 3. The second kappa shape index (κ2) is 7.92. The summed E-state index contributed by atoms with van der Waals surface area (Å²) in [7, 11) is 0. The molecule has 1 aromatic carbocycles. The van der Waals surface area contributed by atoms with Crippen LogP contribution in [0.5, 0.6) is 0 Å². The zero-order chi connectivity index (χ0) is 15.2. The number of piperidine rings is 1. The summed E-state index contributed by atoms with van der Waals surface area (Å²) in [6.45, 7) is 3.54. The molecule has 1 heterocycles. The van der Waals surface area contributed by atoms with Crippen LogP contribution < -0.4 is 5.32 Å². The van der Waals surface area contributed by atoms with Crippen LogP contribution in [0.25, 0.3) is 0 Å². The van der Waals surface area contributed by atoms with Crippen molar-refractivity contribution in [1.82, 2.24) is 4.90 Å². The van der Waals surface area contributed by atoms with Crippen LogP contribution in [0.2, 0.25) is 0 Å². The molecule has 5 heteroatoms. The number of aryl methyl sites for hydroxylation is 1. The van der Waals surface area contributed by atoms with E-state index < -0.39 is 0 Å². The Bertz CT molecular complexity index is 491. The Kier molecular flexibility index (Phi) is 6.21. The highest BCUT2D eigenvalue weighted by Gasteiger charge is 2.23. The predicted octanol–water partition coefficient (Wildman–Crippen LogP) is 2.93. The van der Waals surface area contributed by atoms with Gasteiger partial charge in [-0.25, -0.2) is 0 Å². The van der Waals surface area contributed by atoms with Gasteiger partial charge in [0.1, 0.15) is 0 Å². The summed E-state index contributed by atoms with van der Waals surface area (Å²) in [4.78, 5) is 14.4. The lowest BCUT2D eigenvalue weighted by Crippen LogP contribution is -2.44. The number of nitrogens with zero attached hydrogens (tertiary/aromatic N) is 1. The molecule has 1 fully saturated rings. The summed E-state index contributed by atoms with van der Waals surface area (Å²) in [6, 6.07) is 6.22. The molecule has 0 spiro atoms. The van der Waals surface area contributed by atoms with Crippen molar-refractivity contribution in [1.29, 1.82) is 0 Å². The van der Waals surface area contributed by atoms with Crippen LogP contribution >= 0.6 is 15.9 Å². The first-order valence-corrected chi connectivity index (χ1v) is 8.30. The van der Waals surface area contributed by atoms with Gasteiger partial charge in [-0.3, -0.25) is 9.69 Å². The predicted molar refractivity (Wildman–Crippen MR) is 88.4 cm³/mol. The number of carbonyl (C=O) groups is 1. The van der Waals surface area contributed by atoms with Crippen LogP contribution in [0.3, 0.4) is 0 Å². The largest absolute Gasteiger partial charge is 0.396 e. The summed E-state index contributed by atoms with van der Waals surface area (Å²) in [5, 5.41) is 12.1. The number of anilines is 1. The Hall–Kier alpha value is -0.910. The maximum Gasteiger partial charge on any atom is 0.238 e. The van der Waals surface area contributed by atoms with E-state index in [2.05, 4.69) is 26.1 Å². The molecular weight excluding hydrogens is 332 g/mol. The second-order valence-corrected chi connectivity index (χ2v) is 6.52. The molecule has 1 amide bonds. The Balaban J connectivity index is 1.93. The van der Waals surface area contributed by atoms with E-state index in [1.165, 1.54) is 6.42 Å². The van der Waals surface area contributed by atoms with Gasteiger partial charge in [-0.2, -0.15) is 0 Å². The van der Waals surface area contributed by atoms with Gasteiger partial charge in [-0.15, -0.1) is 0 Å². The molecule has 21 heavy (non-hydrogen) atoms. The van der Waals surface area contributed by atoms with E-state index in [1.807, 2.05) is 25.1 Å². The molecule has 1 aliphatic rings. The average molecular weight is 355 g/mol. The third-order valence-corrected chi connectivity index (χ3v) is 4.61. The maximum atomic E-state index is 12.2. The Morgan fingerprint density at radius 3 is 3.00 bits per heavy atom. The number of carbonyl (C=O) groups excluding carboxylic acids is 1. The fourth-order valence-corrected chi connectivity index (χ4v) is 3.43. The Morgan fingerprint density at radius 2 is 2.29 bits per heavy atom. The van der Waals surface area contributed by atoms with Crippen molar-refractivity contribution < 1.29 is 9.90 Å². The van der Waals surface area contributed by atoms with Gasteiger partial charge < -0.3 is 10.4 Å². The standard InChI is InChI=1S/C16H23BrN2O2/c1-12-5-6-15(14(17)10-12)18-16(21)11-19-8-3-2-4-13(19)7-9-20/h5-6,10,13,20H,2-4,7-9,11H2,1H3,(H,18,21). The number of likely N-dealkylation sites (tertiary alicyclic amines) is 1. The lowest BCUT2D eigenvalue weighted by molar-refractivity contribution is -0.118. The molecule has 1 aromatic rings. The maximum absolute atomic E-state index is 12.2. The second-order valence-electron chi connectivity index (χ2n) is 5.66. The topological polar surface area (TPSA) is 52.6 Å². The minimum absolute atomic E-state index is 0.00407. The quantitative estimate of drug-likeness (QED) is 0.854. The van der Waals surface area contributed by atoms with Crippen molar-refractivity contribution in [3.63, 3.8) is 0 Å². The molecule has 0 radical (unpaired) electrons. The minimum Gasteiger partial charge on any atom is -0.396 e. The van der Waals surface area contributed by atoms with Gasteiger partial charge >= 0.3 is 0 Å². The first-order chi connectivity index (χ1) is 10.1. The number of hydrogen-bond donors (Lipinski definition) is 2. The number of nitrogens with one attached hydrogen (secondary N) is 1. The van der Waals surface area contributed by atoms with Crippen LogP contribution in [-0.4, -0.2) is 41.7 Å². The van der Waals surface area contributed by atoms with Crippen LogP contribution in [-0.2, 0) is 4.79 Å². The minimum atomic E-state index is 0.00407. The molecule has 1 aliphatic heterocycles. The number of aliphatic hydroxyl groups is 1. The van der Waals surface area contributed by atoms with E-state index in [0.717, 1.165) is 41.5 Å². The van der Waals surface area contributed by atoms with Gasteiger partial charge in [0, 0.05) is 17.1 Å². The highest BCUT2D eigenvalue weighted by atomic mass is 79.9. The van der Waals surface area contributed by atoms with Gasteiger partial charge in [0.15, 0.2) is 0 Å². The molecule has 0 aliphatic carbocycles. The summed E-state index contributed by atoms with van der Waals surface area (Å²) in [5.74, 6) is 0.00407. The molecule has 1 unspecified atom stereocenters. The average Bonchev–Trinajstić information content (AvgIpc) is 2.44. The number of amides is 1. The normalized spacial score (nSPS) is 19.5. The smallest absolute Gasteiger partial charge is 0.238 e. The van der Waals surface area contributed by atoms with Gasteiger partial charge in [0.2, 0.25) is 5.91 Å². The zero-order valence-corrected chi connectivity index (χ0v) is 14.0. The number of rotatable bonds is 5. The van der Waals surface area contributed by atoms with E-state index in [4.69, 9.17) is 5.11 Å². The summed E-state index contributed by atoms with van der Waals surface area (Å²) in [5.41, 5.74) is 1.96. The fourth-order valence-electron chi connectivity index (χ4n) is 2.84. The highest BCUT2D eigenvalue weighted by Crippen LogP contribution is 2.24. The monoisotopic (exact) mass is 354 g/mol. The fraction of sp³-hybridized carbons (Fsp3) is 0.562. The summed E-state index contributed by atoms with van der Waals surface area (Å²) >= 11 is 3.48. The van der Waals surface area contributed by atoms with Gasteiger partial charge in [-0.1, -0.05) is 12.5 Å². The molecular formula is C16H23BrN2O2. The first-order valence-electron chi connectivity index (χ1n) is 7.51. The van der Waals surface area contributed by atoms with Gasteiger partial charge in [0.25, 0.3) is 0 Å². The Labute approximate surface area is 134 Å². The van der Waals surface area contributed by atoms with Crippen molar-refractivity contribution >= 4 is 27.5 Å². The van der Waals surface area contributed by atoms with Crippen LogP contribution in [0.4, 0.5) is 5.69 Å². The van der Waals surface area contributed by atoms with Crippen LogP contribution in [0.1, 0.15) is 31.2 Å². The zero-order valence-electron chi connectivity index (χ0n) is 12.4.